The zero-order valence-electron chi connectivity index (χ0n) is 14.5. The van der Waals surface area contributed by atoms with Crippen LogP contribution < -0.4 is 10.1 Å². The number of aromatic nitrogens is 3. The van der Waals surface area contributed by atoms with Crippen LogP contribution in [-0.4, -0.2) is 58.6 Å². The third-order valence-corrected chi connectivity index (χ3v) is 4.07. The molecule has 1 N–H and O–H groups in total. The highest BCUT2D eigenvalue weighted by Crippen LogP contribution is 2.21. The molecule has 1 atom stereocenters. The van der Waals surface area contributed by atoms with Gasteiger partial charge in [0.25, 0.3) is 0 Å². The van der Waals surface area contributed by atoms with E-state index in [2.05, 4.69) is 15.4 Å². The number of benzene rings is 1. The van der Waals surface area contributed by atoms with E-state index < -0.39 is 0 Å². The Balaban J connectivity index is 1.52. The average molecular weight is 345 g/mol. The van der Waals surface area contributed by atoms with Crippen LogP contribution in [0.25, 0.3) is 0 Å². The molecule has 134 valence electrons. The van der Waals surface area contributed by atoms with Crippen LogP contribution in [0.3, 0.4) is 0 Å². The van der Waals surface area contributed by atoms with Gasteiger partial charge >= 0.3 is 6.03 Å². The average Bonchev–Trinajstić information content (AvgIpc) is 3.04. The van der Waals surface area contributed by atoms with Crippen LogP contribution in [0.15, 0.2) is 30.6 Å². The Kier molecular flexibility index (Phi) is 5.49. The van der Waals surface area contributed by atoms with Gasteiger partial charge in [0.1, 0.15) is 24.7 Å². The van der Waals surface area contributed by atoms with E-state index in [0.29, 0.717) is 38.7 Å². The summed E-state index contributed by atoms with van der Waals surface area (Å²) in [6, 6.07) is 7.44. The summed E-state index contributed by atoms with van der Waals surface area (Å²) in [7, 11) is 1.81. The summed E-state index contributed by atoms with van der Waals surface area (Å²) in [6.45, 7) is 4.30. The predicted molar refractivity (Wildman–Crippen MR) is 91.3 cm³/mol. The number of carbonyl (C=O) groups is 1. The van der Waals surface area contributed by atoms with Gasteiger partial charge in [-0.05, 0) is 24.6 Å². The molecule has 8 heteroatoms. The number of ether oxygens (including phenoxy) is 2. The van der Waals surface area contributed by atoms with Gasteiger partial charge in [0.2, 0.25) is 0 Å². The van der Waals surface area contributed by atoms with E-state index in [9.17, 15) is 4.79 Å². The smallest absolute Gasteiger partial charge is 0.318 e. The number of urea groups is 1. The standard InChI is InChI=1S/C17H23N5O3/c1-13-4-3-5-14(10-13)25-8-6-18-17(23)22-7-9-24-11-15(22)16-19-12-20-21(16)2/h3-5,10,12,15H,6-9,11H2,1-2H3,(H,18,23)/t15-/m1/s1. The van der Waals surface area contributed by atoms with Crippen LogP contribution in [0.1, 0.15) is 17.4 Å². The summed E-state index contributed by atoms with van der Waals surface area (Å²) < 4.78 is 12.8. The highest BCUT2D eigenvalue weighted by molar-refractivity contribution is 5.74. The normalized spacial score (nSPS) is 17.4. The Hall–Kier alpha value is -2.61. The number of aryl methyl sites for hydroxylation is 2. The summed E-state index contributed by atoms with van der Waals surface area (Å²) in [6.07, 6.45) is 1.48. The van der Waals surface area contributed by atoms with Crippen LogP contribution in [-0.2, 0) is 11.8 Å². The van der Waals surface area contributed by atoms with E-state index in [1.54, 1.807) is 9.58 Å². The molecule has 0 bridgehead atoms. The summed E-state index contributed by atoms with van der Waals surface area (Å²) in [5, 5.41) is 6.97. The van der Waals surface area contributed by atoms with Crippen molar-refractivity contribution in [1.82, 2.24) is 25.0 Å². The Morgan fingerprint density at radius 1 is 1.48 bits per heavy atom. The molecule has 0 spiro atoms. The number of hydrogen-bond acceptors (Lipinski definition) is 5. The number of nitrogens with one attached hydrogen (secondary N) is 1. The summed E-state index contributed by atoms with van der Waals surface area (Å²) >= 11 is 0. The lowest BCUT2D eigenvalue weighted by molar-refractivity contribution is 0.00731. The van der Waals surface area contributed by atoms with E-state index in [0.717, 1.165) is 11.3 Å². The molecule has 1 aliphatic rings. The Morgan fingerprint density at radius 3 is 3.12 bits per heavy atom. The molecule has 25 heavy (non-hydrogen) atoms. The fourth-order valence-corrected chi connectivity index (χ4v) is 2.80. The molecule has 0 radical (unpaired) electrons. The van der Waals surface area contributed by atoms with Crippen molar-refractivity contribution in [2.45, 2.75) is 13.0 Å². The van der Waals surface area contributed by atoms with Gasteiger partial charge in [0, 0.05) is 13.6 Å². The first-order valence-electron chi connectivity index (χ1n) is 8.30. The second-order valence-corrected chi connectivity index (χ2v) is 5.92. The van der Waals surface area contributed by atoms with Gasteiger partial charge in [-0.3, -0.25) is 4.68 Å². The predicted octanol–water partition coefficient (Wildman–Crippen LogP) is 1.29. The number of rotatable bonds is 5. The molecule has 2 heterocycles. The van der Waals surface area contributed by atoms with Crippen molar-refractivity contribution < 1.29 is 14.3 Å². The van der Waals surface area contributed by atoms with Gasteiger partial charge in [0.15, 0.2) is 5.82 Å². The van der Waals surface area contributed by atoms with Crippen molar-refractivity contribution in [3.05, 3.63) is 42.0 Å². The topological polar surface area (TPSA) is 81.5 Å². The summed E-state index contributed by atoms with van der Waals surface area (Å²) in [5.74, 6) is 1.52. The van der Waals surface area contributed by atoms with Gasteiger partial charge < -0.3 is 19.7 Å². The number of hydrogen-bond donors (Lipinski definition) is 1. The lowest BCUT2D eigenvalue weighted by Crippen LogP contribution is -2.49. The third-order valence-electron chi connectivity index (χ3n) is 4.07. The van der Waals surface area contributed by atoms with Crippen LogP contribution in [0.2, 0.25) is 0 Å². The summed E-state index contributed by atoms with van der Waals surface area (Å²) in [5.41, 5.74) is 1.14. The summed E-state index contributed by atoms with van der Waals surface area (Å²) in [4.78, 5) is 18.5. The van der Waals surface area contributed by atoms with Crippen molar-refractivity contribution >= 4 is 6.03 Å². The number of amides is 2. The molecule has 1 fully saturated rings. The molecule has 0 aliphatic carbocycles. The Labute approximate surface area is 146 Å². The zero-order valence-corrected chi connectivity index (χ0v) is 14.5. The molecule has 1 aliphatic heterocycles. The number of carbonyl (C=O) groups excluding carboxylic acids is 1. The second kappa shape index (κ2) is 7.98. The molecule has 0 unspecified atom stereocenters. The minimum Gasteiger partial charge on any atom is -0.492 e. The molecular formula is C17H23N5O3. The molecule has 2 amide bonds. The van der Waals surface area contributed by atoms with Gasteiger partial charge in [-0.25, -0.2) is 9.78 Å². The first-order chi connectivity index (χ1) is 12.1. The largest absolute Gasteiger partial charge is 0.492 e. The van der Waals surface area contributed by atoms with Crippen molar-refractivity contribution in [2.24, 2.45) is 7.05 Å². The monoisotopic (exact) mass is 345 g/mol. The van der Waals surface area contributed by atoms with Crippen LogP contribution in [0.5, 0.6) is 5.75 Å². The van der Waals surface area contributed by atoms with Crippen molar-refractivity contribution in [2.75, 3.05) is 32.9 Å². The number of morpholine rings is 1. The highest BCUT2D eigenvalue weighted by atomic mass is 16.5. The maximum absolute atomic E-state index is 12.5. The van der Waals surface area contributed by atoms with Gasteiger partial charge in [-0.15, -0.1) is 0 Å². The van der Waals surface area contributed by atoms with Crippen LogP contribution in [0, 0.1) is 6.92 Å². The molecule has 1 aromatic heterocycles. The van der Waals surface area contributed by atoms with Crippen LogP contribution in [0.4, 0.5) is 4.79 Å². The molecule has 1 saturated heterocycles. The minimum atomic E-state index is -0.237. The molecular weight excluding hydrogens is 322 g/mol. The molecule has 3 rings (SSSR count). The van der Waals surface area contributed by atoms with Gasteiger partial charge in [0.05, 0.1) is 19.8 Å². The van der Waals surface area contributed by atoms with Crippen molar-refractivity contribution in [3.8, 4) is 5.75 Å². The second-order valence-electron chi connectivity index (χ2n) is 5.92. The van der Waals surface area contributed by atoms with E-state index in [4.69, 9.17) is 9.47 Å². The fourth-order valence-electron chi connectivity index (χ4n) is 2.80. The first kappa shape index (κ1) is 17.2. The first-order valence-corrected chi connectivity index (χ1v) is 8.30. The van der Waals surface area contributed by atoms with E-state index in [1.807, 2.05) is 38.2 Å². The molecule has 8 nitrogen and oxygen atoms in total. The maximum Gasteiger partial charge on any atom is 0.318 e. The number of nitrogens with zero attached hydrogens (tertiary/aromatic N) is 4. The third kappa shape index (κ3) is 4.27. The van der Waals surface area contributed by atoms with Gasteiger partial charge in [-0.1, -0.05) is 12.1 Å². The lowest BCUT2D eigenvalue weighted by Gasteiger charge is -2.34. The highest BCUT2D eigenvalue weighted by Gasteiger charge is 2.31. The van der Waals surface area contributed by atoms with E-state index >= 15 is 0 Å². The lowest BCUT2D eigenvalue weighted by atomic mass is 10.2. The maximum atomic E-state index is 12.5. The minimum absolute atomic E-state index is 0.149. The SMILES string of the molecule is Cc1cccc(OCCNC(=O)N2CCOC[C@@H]2c2ncnn2C)c1. The fraction of sp³-hybridized carbons (Fsp3) is 0.471. The zero-order chi connectivity index (χ0) is 17.6. The Bertz CT molecular complexity index is 718. The molecule has 1 aromatic carbocycles. The van der Waals surface area contributed by atoms with Gasteiger partial charge in [-0.2, -0.15) is 5.10 Å². The quantitative estimate of drug-likeness (QED) is 0.826. The van der Waals surface area contributed by atoms with Crippen molar-refractivity contribution in [1.29, 1.82) is 0 Å². The van der Waals surface area contributed by atoms with Crippen molar-refractivity contribution in [3.63, 3.8) is 0 Å². The molecule has 0 saturated carbocycles. The molecule has 2 aromatic rings. The Morgan fingerprint density at radius 2 is 2.36 bits per heavy atom. The van der Waals surface area contributed by atoms with Crippen LogP contribution >= 0.6 is 0 Å². The van der Waals surface area contributed by atoms with E-state index in [-0.39, 0.29) is 12.1 Å². The van der Waals surface area contributed by atoms with E-state index in [1.165, 1.54) is 6.33 Å².